The highest BCUT2D eigenvalue weighted by atomic mass is 16.5. The van der Waals surface area contributed by atoms with Crippen molar-refractivity contribution >= 4 is 11.9 Å². The molecule has 2 aliphatic heterocycles. The van der Waals surface area contributed by atoms with Crippen LogP contribution in [-0.2, 0) is 0 Å². The van der Waals surface area contributed by atoms with Crippen LogP contribution in [-0.4, -0.2) is 28.4 Å². The zero-order valence-corrected chi connectivity index (χ0v) is 9.29. The minimum absolute atomic E-state index is 0.0707. The van der Waals surface area contributed by atoms with E-state index in [1.165, 1.54) is 29.4 Å². The fraction of sp³-hybridized carbons (Fsp3) is 0.0769. The van der Waals surface area contributed by atoms with Crippen LogP contribution >= 0.6 is 0 Å². The number of aromatic carboxylic acids is 1. The lowest BCUT2D eigenvalue weighted by Gasteiger charge is -2.15. The van der Waals surface area contributed by atoms with Crippen LogP contribution in [0.5, 0.6) is 5.75 Å². The monoisotopic (exact) mass is 243 g/mol. The van der Waals surface area contributed by atoms with Crippen LogP contribution < -0.4 is 4.74 Å². The topological polar surface area (TPSA) is 66.8 Å². The third kappa shape index (κ3) is 1.48. The van der Waals surface area contributed by atoms with Crippen molar-refractivity contribution < 1.29 is 19.4 Å². The third-order valence-electron chi connectivity index (χ3n) is 2.90. The number of amides is 1. The number of hydrogen-bond acceptors (Lipinski definition) is 3. The summed E-state index contributed by atoms with van der Waals surface area (Å²) in [5, 5.41) is 8.94. The summed E-state index contributed by atoms with van der Waals surface area (Å²) in [6, 6.07) is 4.26. The molecule has 2 heterocycles. The summed E-state index contributed by atoms with van der Waals surface area (Å²) in [5.74, 6) is -0.940. The predicted octanol–water partition coefficient (Wildman–Crippen LogP) is 1.63. The first-order chi connectivity index (χ1) is 8.66. The molecule has 0 aromatic heterocycles. The molecule has 0 aliphatic carbocycles. The fourth-order valence-electron chi connectivity index (χ4n) is 1.98. The highest BCUT2D eigenvalue weighted by Gasteiger charge is 2.27. The minimum atomic E-state index is -1.07. The average molecular weight is 243 g/mol. The fourth-order valence-corrected chi connectivity index (χ4v) is 1.98. The van der Waals surface area contributed by atoms with E-state index in [-0.39, 0.29) is 17.0 Å². The lowest BCUT2D eigenvalue weighted by molar-refractivity contribution is 0.0697. The van der Waals surface area contributed by atoms with Gasteiger partial charge in [-0.2, -0.15) is 0 Å². The van der Waals surface area contributed by atoms with Gasteiger partial charge < -0.3 is 14.7 Å². The van der Waals surface area contributed by atoms with E-state index < -0.39 is 5.97 Å². The molecular formula is C13H9NO4. The molecule has 3 rings (SSSR count). The Balaban J connectivity index is 2.11. The van der Waals surface area contributed by atoms with E-state index in [2.05, 4.69) is 0 Å². The molecule has 0 spiro atoms. The molecule has 0 radical (unpaired) electrons. The number of rotatable bonds is 1. The highest BCUT2D eigenvalue weighted by molar-refractivity contribution is 6.01. The summed E-state index contributed by atoms with van der Waals surface area (Å²) in [7, 11) is 0. The molecule has 1 aromatic rings. The van der Waals surface area contributed by atoms with Gasteiger partial charge in [-0.1, -0.05) is 6.08 Å². The van der Waals surface area contributed by atoms with Crippen molar-refractivity contribution in [3.63, 3.8) is 0 Å². The zero-order chi connectivity index (χ0) is 12.7. The van der Waals surface area contributed by atoms with Crippen molar-refractivity contribution in [2.75, 3.05) is 6.54 Å². The molecular weight excluding hydrogens is 234 g/mol. The number of carbonyl (C=O) groups is 2. The van der Waals surface area contributed by atoms with Crippen molar-refractivity contribution in [2.24, 2.45) is 0 Å². The molecule has 0 unspecified atom stereocenters. The maximum Gasteiger partial charge on any atom is 0.335 e. The summed E-state index contributed by atoms with van der Waals surface area (Å²) in [5.41, 5.74) is 1.01. The van der Waals surface area contributed by atoms with Gasteiger partial charge in [-0.25, -0.2) is 4.79 Å². The van der Waals surface area contributed by atoms with Gasteiger partial charge in [0.15, 0.2) is 0 Å². The number of carboxylic acids is 1. The van der Waals surface area contributed by atoms with E-state index in [0.29, 0.717) is 18.0 Å². The number of carboxylic acid groups (broad SMARTS) is 1. The van der Waals surface area contributed by atoms with Crippen LogP contribution in [0.15, 0.2) is 42.3 Å². The Hall–Kier alpha value is -2.56. The molecule has 1 N–H and O–H groups in total. The Morgan fingerprint density at radius 3 is 3.00 bits per heavy atom. The smallest absolute Gasteiger partial charge is 0.335 e. The maximum atomic E-state index is 12.3. The van der Waals surface area contributed by atoms with Crippen LogP contribution in [0, 0.1) is 0 Å². The molecule has 90 valence electrons. The standard InChI is InChI=1S/C13H9NO4/c15-12-10-6-8(13(16)17)3-4-11(10)18-7-9-2-1-5-14(9)12/h1-4,6-7H,5H2,(H,16,17). The van der Waals surface area contributed by atoms with Gasteiger partial charge in [0, 0.05) is 6.54 Å². The Morgan fingerprint density at radius 1 is 1.39 bits per heavy atom. The molecule has 0 fully saturated rings. The zero-order valence-electron chi connectivity index (χ0n) is 9.29. The number of benzene rings is 1. The van der Waals surface area contributed by atoms with E-state index in [4.69, 9.17) is 9.84 Å². The van der Waals surface area contributed by atoms with Gasteiger partial charge in [0.05, 0.1) is 16.8 Å². The number of carbonyl (C=O) groups excluding carboxylic acids is 1. The van der Waals surface area contributed by atoms with Crippen LogP contribution in [0.25, 0.3) is 0 Å². The first-order valence-corrected chi connectivity index (χ1v) is 5.39. The highest BCUT2D eigenvalue weighted by Crippen LogP contribution is 2.29. The van der Waals surface area contributed by atoms with Gasteiger partial charge >= 0.3 is 5.97 Å². The molecule has 5 nitrogen and oxygen atoms in total. The number of allylic oxidation sites excluding steroid dienone is 1. The Bertz CT molecular complexity index is 615. The number of ether oxygens (including phenoxy) is 1. The van der Waals surface area contributed by atoms with Gasteiger partial charge in [0.1, 0.15) is 12.0 Å². The Kier molecular flexibility index (Phi) is 2.19. The first kappa shape index (κ1) is 10.6. The Morgan fingerprint density at radius 2 is 2.22 bits per heavy atom. The second-order valence-electron chi connectivity index (χ2n) is 3.99. The summed E-state index contributed by atoms with van der Waals surface area (Å²) < 4.78 is 5.40. The summed E-state index contributed by atoms with van der Waals surface area (Å²) >= 11 is 0. The van der Waals surface area contributed by atoms with E-state index in [1.807, 2.05) is 6.08 Å². The lowest BCUT2D eigenvalue weighted by atomic mass is 10.1. The number of nitrogens with zero attached hydrogens (tertiary/aromatic N) is 1. The van der Waals surface area contributed by atoms with Gasteiger partial charge in [-0.15, -0.1) is 0 Å². The molecule has 0 atom stereocenters. The normalized spacial score (nSPS) is 16.6. The van der Waals surface area contributed by atoms with Gasteiger partial charge in [-0.3, -0.25) is 4.79 Å². The minimum Gasteiger partial charge on any atom is -0.478 e. The van der Waals surface area contributed by atoms with Crippen LogP contribution in [0.2, 0.25) is 0 Å². The lowest BCUT2D eigenvalue weighted by Crippen LogP contribution is -2.26. The Labute approximate surface area is 103 Å². The predicted molar refractivity (Wildman–Crippen MR) is 62.3 cm³/mol. The number of fused-ring (bicyclic) bond motifs is 2. The SMILES string of the molecule is O=C(O)c1ccc2c(c1)C(=O)N1CC=CC1=CO2. The van der Waals surface area contributed by atoms with E-state index in [0.717, 1.165) is 0 Å². The van der Waals surface area contributed by atoms with E-state index in [9.17, 15) is 9.59 Å². The molecule has 0 saturated carbocycles. The second kappa shape index (κ2) is 3.73. The van der Waals surface area contributed by atoms with Crippen molar-refractivity contribution in [2.45, 2.75) is 0 Å². The second-order valence-corrected chi connectivity index (χ2v) is 3.99. The summed E-state index contributed by atoms with van der Waals surface area (Å²) in [6.45, 7) is 0.477. The van der Waals surface area contributed by atoms with Crippen molar-refractivity contribution in [1.82, 2.24) is 4.90 Å². The van der Waals surface area contributed by atoms with Crippen LogP contribution in [0.1, 0.15) is 20.7 Å². The van der Waals surface area contributed by atoms with Gasteiger partial charge in [0.2, 0.25) is 0 Å². The number of hydrogen-bond donors (Lipinski definition) is 1. The molecule has 2 aliphatic rings. The average Bonchev–Trinajstić information content (AvgIpc) is 2.79. The van der Waals surface area contributed by atoms with Gasteiger partial charge in [0.25, 0.3) is 5.91 Å². The maximum absolute atomic E-state index is 12.3. The molecule has 1 aromatic carbocycles. The van der Waals surface area contributed by atoms with E-state index >= 15 is 0 Å². The van der Waals surface area contributed by atoms with E-state index in [1.54, 1.807) is 6.08 Å². The van der Waals surface area contributed by atoms with Crippen LogP contribution in [0.3, 0.4) is 0 Å². The van der Waals surface area contributed by atoms with Crippen molar-refractivity contribution in [3.05, 3.63) is 53.4 Å². The van der Waals surface area contributed by atoms with Crippen molar-refractivity contribution in [3.8, 4) is 5.75 Å². The van der Waals surface area contributed by atoms with Crippen molar-refractivity contribution in [1.29, 1.82) is 0 Å². The first-order valence-electron chi connectivity index (χ1n) is 5.39. The third-order valence-corrected chi connectivity index (χ3v) is 2.90. The molecule has 0 bridgehead atoms. The van der Waals surface area contributed by atoms with Crippen LogP contribution in [0.4, 0.5) is 0 Å². The quantitative estimate of drug-likeness (QED) is 0.814. The molecule has 0 saturated heterocycles. The molecule has 18 heavy (non-hydrogen) atoms. The van der Waals surface area contributed by atoms with Gasteiger partial charge in [-0.05, 0) is 24.3 Å². The molecule has 1 amide bonds. The molecule has 5 heteroatoms. The largest absolute Gasteiger partial charge is 0.478 e. The summed E-state index contributed by atoms with van der Waals surface area (Å²) in [6.07, 6.45) is 5.13. The summed E-state index contributed by atoms with van der Waals surface area (Å²) in [4.78, 5) is 24.7.